The summed E-state index contributed by atoms with van der Waals surface area (Å²) < 4.78 is 5.11. The molecular formula is C9H13N3O4. The number of hydrogen-bond acceptors (Lipinski definition) is 4. The van der Waals surface area contributed by atoms with Crippen LogP contribution >= 0.6 is 0 Å². The van der Waals surface area contributed by atoms with E-state index in [0.717, 1.165) is 0 Å². The third-order valence-electron chi connectivity index (χ3n) is 2.68. The van der Waals surface area contributed by atoms with Crippen LogP contribution in [0.25, 0.3) is 0 Å². The van der Waals surface area contributed by atoms with E-state index in [1.807, 2.05) is 0 Å². The molecule has 0 aromatic carbocycles. The summed E-state index contributed by atoms with van der Waals surface area (Å²) in [6.07, 6.45) is -0.0718. The molecule has 0 aromatic heterocycles. The highest BCUT2D eigenvalue weighted by Crippen LogP contribution is 2.11. The minimum absolute atomic E-state index is 0.0718. The average molecular weight is 227 g/mol. The number of hydrazine groups is 1. The first-order chi connectivity index (χ1) is 7.68. The second-order valence-electron chi connectivity index (χ2n) is 3.73. The van der Waals surface area contributed by atoms with Gasteiger partial charge in [0.25, 0.3) is 11.8 Å². The van der Waals surface area contributed by atoms with E-state index in [-0.39, 0.29) is 12.3 Å². The number of ether oxygens (including phenoxy) is 1. The molecule has 0 bridgehead atoms. The van der Waals surface area contributed by atoms with Crippen LogP contribution in [0.3, 0.4) is 0 Å². The van der Waals surface area contributed by atoms with Crippen LogP contribution in [0.15, 0.2) is 0 Å². The summed E-state index contributed by atoms with van der Waals surface area (Å²) >= 11 is 0. The van der Waals surface area contributed by atoms with Gasteiger partial charge in [-0.05, 0) is 0 Å². The van der Waals surface area contributed by atoms with E-state index in [1.54, 1.807) is 4.90 Å². The van der Waals surface area contributed by atoms with E-state index >= 15 is 0 Å². The maximum absolute atomic E-state index is 11.8. The Labute approximate surface area is 92.1 Å². The highest BCUT2D eigenvalue weighted by atomic mass is 16.5. The predicted octanol–water partition coefficient (Wildman–Crippen LogP) is -1.99. The van der Waals surface area contributed by atoms with E-state index < -0.39 is 17.7 Å². The minimum Gasteiger partial charge on any atom is -0.378 e. The molecule has 2 saturated heterocycles. The van der Waals surface area contributed by atoms with Crippen molar-refractivity contribution in [2.45, 2.75) is 6.42 Å². The molecular weight excluding hydrogens is 214 g/mol. The van der Waals surface area contributed by atoms with Gasteiger partial charge in [0.2, 0.25) is 5.91 Å². The maximum Gasteiger partial charge on any atom is 0.251 e. The molecule has 2 aliphatic rings. The number of hydrogen-bond donors (Lipinski definition) is 2. The second-order valence-corrected chi connectivity index (χ2v) is 3.73. The quantitative estimate of drug-likeness (QED) is 0.535. The van der Waals surface area contributed by atoms with Crippen molar-refractivity contribution in [2.75, 3.05) is 26.3 Å². The Bertz CT molecular complexity index is 309. The molecule has 2 rings (SSSR count). The summed E-state index contributed by atoms with van der Waals surface area (Å²) in [5, 5.41) is 0. The SMILES string of the molecule is O=C1NNC(=O)C1CC(=O)N1CCOCC1. The van der Waals surface area contributed by atoms with Crippen LogP contribution in [-0.2, 0) is 19.1 Å². The second kappa shape index (κ2) is 4.48. The zero-order valence-electron chi connectivity index (χ0n) is 8.69. The van der Waals surface area contributed by atoms with Gasteiger partial charge in [0.1, 0.15) is 5.92 Å². The van der Waals surface area contributed by atoms with Crippen molar-refractivity contribution in [3.63, 3.8) is 0 Å². The van der Waals surface area contributed by atoms with Gasteiger partial charge in [-0.1, -0.05) is 0 Å². The summed E-state index contributed by atoms with van der Waals surface area (Å²) in [5.41, 5.74) is 4.39. The molecule has 2 heterocycles. The summed E-state index contributed by atoms with van der Waals surface area (Å²) in [5.74, 6) is -1.95. The fourth-order valence-electron chi connectivity index (χ4n) is 1.72. The van der Waals surface area contributed by atoms with Crippen LogP contribution in [-0.4, -0.2) is 48.9 Å². The molecule has 7 nitrogen and oxygen atoms in total. The number of amides is 3. The summed E-state index contributed by atoms with van der Waals surface area (Å²) in [6, 6.07) is 0. The van der Waals surface area contributed by atoms with E-state index in [4.69, 9.17) is 4.74 Å². The molecule has 2 fully saturated rings. The first kappa shape index (κ1) is 10.9. The monoisotopic (exact) mass is 227 g/mol. The number of rotatable bonds is 2. The molecule has 88 valence electrons. The third kappa shape index (κ3) is 2.13. The van der Waals surface area contributed by atoms with Crippen molar-refractivity contribution in [2.24, 2.45) is 5.92 Å². The van der Waals surface area contributed by atoms with E-state index in [0.29, 0.717) is 26.3 Å². The lowest BCUT2D eigenvalue weighted by molar-refractivity contribution is -0.141. The van der Waals surface area contributed by atoms with Gasteiger partial charge in [0.15, 0.2) is 0 Å². The summed E-state index contributed by atoms with van der Waals surface area (Å²) in [4.78, 5) is 35.8. The van der Waals surface area contributed by atoms with Gasteiger partial charge < -0.3 is 9.64 Å². The molecule has 3 amide bonds. The molecule has 16 heavy (non-hydrogen) atoms. The Morgan fingerprint density at radius 1 is 1.25 bits per heavy atom. The summed E-state index contributed by atoms with van der Waals surface area (Å²) in [6.45, 7) is 2.06. The predicted molar refractivity (Wildman–Crippen MR) is 51.8 cm³/mol. The molecule has 0 radical (unpaired) electrons. The van der Waals surface area contributed by atoms with Gasteiger partial charge in [-0.3, -0.25) is 25.2 Å². The Kier molecular flexibility index (Phi) is 3.04. The lowest BCUT2D eigenvalue weighted by atomic mass is 10.0. The number of nitrogens with zero attached hydrogens (tertiary/aromatic N) is 1. The number of morpholine rings is 1. The van der Waals surface area contributed by atoms with E-state index in [1.165, 1.54) is 0 Å². The molecule has 0 unspecified atom stereocenters. The van der Waals surface area contributed by atoms with Crippen molar-refractivity contribution >= 4 is 17.7 Å². The largest absolute Gasteiger partial charge is 0.378 e. The van der Waals surface area contributed by atoms with Gasteiger partial charge in [0.05, 0.1) is 13.2 Å². The third-order valence-corrected chi connectivity index (χ3v) is 2.68. The number of nitrogens with one attached hydrogen (secondary N) is 2. The smallest absolute Gasteiger partial charge is 0.251 e. The van der Waals surface area contributed by atoms with Crippen LogP contribution in [0.4, 0.5) is 0 Å². The van der Waals surface area contributed by atoms with Gasteiger partial charge in [-0.15, -0.1) is 0 Å². The van der Waals surface area contributed by atoms with Crippen LogP contribution in [0.1, 0.15) is 6.42 Å². The van der Waals surface area contributed by atoms with Gasteiger partial charge in [-0.25, -0.2) is 0 Å². The highest BCUT2D eigenvalue weighted by Gasteiger charge is 2.36. The van der Waals surface area contributed by atoms with E-state index in [9.17, 15) is 14.4 Å². The Balaban J connectivity index is 1.90. The fourth-order valence-corrected chi connectivity index (χ4v) is 1.72. The normalized spacial score (nSPS) is 21.9. The molecule has 2 N–H and O–H groups in total. The molecule has 0 spiro atoms. The zero-order chi connectivity index (χ0) is 11.5. The maximum atomic E-state index is 11.8. The Morgan fingerprint density at radius 3 is 2.38 bits per heavy atom. The first-order valence-corrected chi connectivity index (χ1v) is 5.13. The first-order valence-electron chi connectivity index (χ1n) is 5.13. The van der Waals surface area contributed by atoms with Crippen LogP contribution in [0, 0.1) is 5.92 Å². The van der Waals surface area contributed by atoms with Gasteiger partial charge >= 0.3 is 0 Å². The fraction of sp³-hybridized carbons (Fsp3) is 0.667. The lowest BCUT2D eigenvalue weighted by Gasteiger charge is -2.27. The molecule has 0 saturated carbocycles. The zero-order valence-corrected chi connectivity index (χ0v) is 8.69. The molecule has 7 heteroatoms. The van der Waals surface area contributed by atoms with E-state index in [2.05, 4.69) is 10.9 Å². The number of carbonyl (C=O) groups is 3. The molecule has 0 atom stereocenters. The van der Waals surface area contributed by atoms with Gasteiger partial charge in [-0.2, -0.15) is 0 Å². The standard InChI is InChI=1S/C9H13N3O4/c13-7(12-1-3-16-4-2-12)5-6-8(14)10-11-9(6)15/h6H,1-5H2,(H,10,14)(H,11,15). The minimum atomic E-state index is -0.893. The molecule has 2 aliphatic heterocycles. The summed E-state index contributed by atoms with van der Waals surface area (Å²) in [7, 11) is 0. The molecule has 0 aliphatic carbocycles. The molecule has 0 aromatic rings. The van der Waals surface area contributed by atoms with Crippen LogP contribution in [0.2, 0.25) is 0 Å². The van der Waals surface area contributed by atoms with Gasteiger partial charge in [0, 0.05) is 19.5 Å². The van der Waals surface area contributed by atoms with Crippen molar-refractivity contribution in [1.82, 2.24) is 15.8 Å². The Morgan fingerprint density at radius 2 is 1.81 bits per heavy atom. The van der Waals surface area contributed by atoms with Crippen molar-refractivity contribution in [3.05, 3.63) is 0 Å². The Hall–Kier alpha value is -1.63. The lowest BCUT2D eigenvalue weighted by Crippen LogP contribution is -2.42. The average Bonchev–Trinajstić information content (AvgIpc) is 2.62. The van der Waals surface area contributed by atoms with Crippen molar-refractivity contribution < 1.29 is 19.1 Å². The van der Waals surface area contributed by atoms with Crippen molar-refractivity contribution in [3.8, 4) is 0 Å². The van der Waals surface area contributed by atoms with Crippen LogP contribution < -0.4 is 10.9 Å². The topological polar surface area (TPSA) is 87.7 Å². The highest BCUT2D eigenvalue weighted by molar-refractivity contribution is 6.07. The number of carbonyl (C=O) groups excluding carboxylic acids is 3. The van der Waals surface area contributed by atoms with Crippen LogP contribution in [0.5, 0.6) is 0 Å². The van der Waals surface area contributed by atoms with Crippen molar-refractivity contribution in [1.29, 1.82) is 0 Å².